The van der Waals surface area contributed by atoms with Gasteiger partial charge in [0.1, 0.15) is 5.75 Å². The second-order valence-electron chi connectivity index (χ2n) is 5.81. The number of hydrogen-bond acceptors (Lipinski definition) is 2. The van der Waals surface area contributed by atoms with E-state index in [1.807, 2.05) is 63.2 Å². The quantitative estimate of drug-likeness (QED) is 0.884. The van der Waals surface area contributed by atoms with Gasteiger partial charge in [-0.3, -0.25) is 0 Å². The van der Waals surface area contributed by atoms with Crippen LogP contribution in [0.5, 0.6) is 5.75 Å². The lowest BCUT2D eigenvalue weighted by Gasteiger charge is -2.27. The molecule has 0 radical (unpaired) electrons. The summed E-state index contributed by atoms with van der Waals surface area (Å²) in [5.74, 6) is 0.520. The van der Waals surface area contributed by atoms with Gasteiger partial charge < -0.3 is 10.1 Å². The maximum absolute atomic E-state index is 12.1. The van der Waals surface area contributed by atoms with Crippen molar-refractivity contribution in [3.8, 4) is 5.75 Å². The highest BCUT2D eigenvalue weighted by molar-refractivity contribution is 5.71. The first-order valence-electron chi connectivity index (χ1n) is 7.20. The van der Waals surface area contributed by atoms with Crippen LogP contribution >= 0.6 is 0 Å². The molecule has 0 spiro atoms. The number of para-hydroxylation sites is 1. The standard InChI is InChI=1S/C19H21NO2/c1-14(2)15-9-8-10-16(13-15)19(3,4)20-18(21)22-17-11-6-5-7-12-17/h5-13H,1H2,2-4H3,(H,20,21). The molecule has 2 aromatic carbocycles. The average molecular weight is 295 g/mol. The highest BCUT2D eigenvalue weighted by atomic mass is 16.6. The lowest BCUT2D eigenvalue weighted by molar-refractivity contribution is 0.188. The average Bonchev–Trinajstić information content (AvgIpc) is 2.47. The van der Waals surface area contributed by atoms with Gasteiger partial charge in [0, 0.05) is 0 Å². The summed E-state index contributed by atoms with van der Waals surface area (Å²) >= 11 is 0. The van der Waals surface area contributed by atoms with Crippen molar-refractivity contribution < 1.29 is 9.53 Å². The van der Waals surface area contributed by atoms with Gasteiger partial charge in [0.15, 0.2) is 0 Å². The largest absolute Gasteiger partial charge is 0.413 e. The summed E-state index contributed by atoms with van der Waals surface area (Å²) in [4.78, 5) is 12.1. The van der Waals surface area contributed by atoms with Crippen LogP contribution in [0.4, 0.5) is 4.79 Å². The second-order valence-corrected chi connectivity index (χ2v) is 5.81. The van der Waals surface area contributed by atoms with Gasteiger partial charge >= 0.3 is 6.09 Å². The van der Waals surface area contributed by atoms with Crippen LogP contribution in [0.25, 0.3) is 5.57 Å². The summed E-state index contributed by atoms with van der Waals surface area (Å²) in [6.45, 7) is 9.80. The van der Waals surface area contributed by atoms with Crippen molar-refractivity contribution in [2.24, 2.45) is 0 Å². The van der Waals surface area contributed by atoms with Crippen molar-refractivity contribution in [1.29, 1.82) is 0 Å². The first kappa shape index (κ1) is 15.8. The van der Waals surface area contributed by atoms with E-state index in [9.17, 15) is 4.79 Å². The Balaban J connectivity index is 2.11. The molecule has 0 aliphatic rings. The fourth-order valence-electron chi connectivity index (χ4n) is 2.12. The molecular formula is C19H21NO2. The zero-order chi connectivity index (χ0) is 16.2. The van der Waals surface area contributed by atoms with Crippen LogP contribution < -0.4 is 10.1 Å². The van der Waals surface area contributed by atoms with Gasteiger partial charge in [0.2, 0.25) is 0 Å². The molecule has 3 heteroatoms. The number of carbonyl (C=O) groups is 1. The smallest absolute Gasteiger partial charge is 0.410 e. The van der Waals surface area contributed by atoms with Crippen molar-refractivity contribution in [3.63, 3.8) is 0 Å². The predicted octanol–water partition coefficient (Wildman–Crippen LogP) is 4.74. The van der Waals surface area contributed by atoms with Gasteiger partial charge in [0.05, 0.1) is 5.54 Å². The van der Waals surface area contributed by atoms with Crippen LogP contribution in [0.2, 0.25) is 0 Å². The molecule has 0 bridgehead atoms. The topological polar surface area (TPSA) is 38.3 Å². The molecule has 0 aromatic heterocycles. The number of allylic oxidation sites excluding steroid dienone is 1. The van der Waals surface area contributed by atoms with Crippen molar-refractivity contribution in [2.75, 3.05) is 0 Å². The predicted molar refractivity (Wildman–Crippen MR) is 89.8 cm³/mol. The van der Waals surface area contributed by atoms with Crippen LogP contribution in [0, 0.1) is 0 Å². The summed E-state index contributed by atoms with van der Waals surface area (Å²) in [6, 6.07) is 17.0. The van der Waals surface area contributed by atoms with Crippen molar-refractivity contribution in [1.82, 2.24) is 5.32 Å². The molecule has 0 unspecified atom stereocenters. The number of hydrogen-bond donors (Lipinski definition) is 1. The zero-order valence-electron chi connectivity index (χ0n) is 13.2. The fourth-order valence-corrected chi connectivity index (χ4v) is 2.12. The maximum atomic E-state index is 12.1. The van der Waals surface area contributed by atoms with Gasteiger partial charge in [-0.05, 0) is 50.1 Å². The Morgan fingerprint density at radius 1 is 1.09 bits per heavy atom. The van der Waals surface area contributed by atoms with E-state index in [0.717, 1.165) is 16.7 Å². The molecule has 1 amide bonds. The Bertz CT molecular complexity index is 675. The minimum absolute atomic E-state index is 0.475. The van der Waals surface area contributed by atoms with Gasteiger partial charge in [-0.2, -0.15) is 0 Å². The van der Waals surface area contributed by atoms with E-state index in [0.29, 0.717) is 5.75 Å². The van der Waals surface area contributed by atoms with E-state index in [2.05, 4.69) is 11.9 Å². The molecule has 2 rings (SSSR count). The zero-order valence-corrected chi connectivity index (χ0v) is 13.2. The summed E-state index contributed by atoms with van der Waals surface area (Å²) in [5, 5.41) is 2.90. The van der Waals surface area contributed by atoms with Gasteiger partial charge in [-0.15, -0.1) is 0 Å². The van der Waals surface area contributed by atoms with Crippen molar-refractivity contribution in [3.05, 3.63) is 72.3 Å². The Kier molecular flexibility index (Phi) is 4.66. The highest BCUT2D eigenvalue weighted by Crippen LogP contribution is 2.23. The van der Waals surface area contributed by atoms with E-state index in [4.69, 9.17) is 4.74 Å². The molecule has 3 nitrogen and oxygen atoms in total. The van der Waals surface area contributed by atoms with Crippen LogP contribution in [0.3, 0.4) is 0 Å². The molecule has 0 atom stereocenters. The summed E-state index contributed by atoms with van der Waals surface area (Å²) in [5.41, 5.74) is 2.50. The highest BCUT2D eigenvalue weighted by Gasteiger charge is 2.24. The van der Waals surface area contributed by atoms with Gasteiger partial charge in [-0.1, -0.05) is 48.6 Å². The summed E-state index contributed by atoms with van der Waals surface area (Å²) in [7, 11) is 0. The molecule has 0 heterocycles. The Labute approximate surface area is 131 Å². The molecule has 22 heavy (non-hydrogen) atoms. The third-order valence-electron chi connectivity index (χ3n) is 3.45. The van der Waals surface area contributed by atoms with Crippen molar-refractivity contribution in [2.45, 2.75) is 26.3 Å². The fraction of sp³-hybridized carbons (Fsp3) is 0.211. The number of amides is 1. The van der Waals surface area contributed by atoms with Crippen LogP contribution in [0.15, 0.2) is 61.2 Å². The number of rotatable bonds is 4. The monoisotopic (exact) mass is 295 g/mol. The number of nitrogens with one attached hydrogen (secondary N) is 1. The minimum Gasteiger partial charge on any atom is -0.410 e. The summed E-state index contributed by atoms with van der Waals surface area (Å²) in [6.07, 6.45) is -0.475. The molecular weight excluding hydrogens is 274 g/mol. The number of ether oxygens (including phenoxy) is 1. The second kappa shape index (κ2) is 6.48. The van der Waals surface area contributed by atoms with Crippen molar-refractivity contribution >= 4 is 11.7 Å². The van der Waals surface area contributed by atoms with Gasteiger partial charge in [-0.25, -0.2) is 4.79 Å². The molecule has 0 fully saturated rings. The number of carbonyl (C=O) groups excluding carboxylic acids is 1. The molecule has 0 aliphatic carbocycles. The van der Waals surface area contributed by atoms with Crippen LogP contribution in [-0.4, -0.2) is 6.09 Å². The lowest BCUT2D eigenvalue weighted by Crippen LogP contribution is -2.42. The molecule has 2 aromatic rings. The maximum Gasteiger partial charge on any atom is 0.413 e. The van der Waals surface area contributed by atoms with E-state index >= 15 is 0 Å². The van der Waals surface area contributed by atoms with Crippen LogP contribution in [0.1, 0.15) is 31.9 Å². The van der Waals surface area contributed by atoms with E-state index in [1.165, 1.54) is 0 Å². The van der Waals surface area contributed by atoms with E-state index in [-0.39, 0.29) is 0 Å². The van der Waals surface area contributed by atoms with Crippen LogP contribution in [-0.2, 0) is 5.54 Å². The first-order chi connectivity index (χ1) is 10.4. The van der Waals surface area contributed by atoms with E-state index in [1.54, 1.807) is 12.1 Å². The normalized spacial score (nSPS) is 10.9. The minimum atomic E-state index is -0.544. The molecule has 0 saturated carbocycles. The molecule has 0 aliphatic heterocycles. The Morgan fingerprint density at radius 3 is 2.41 bits per heavy atom. The molecule has 114 valence electrons. The first-order valence-corrected chi connectivity index (χ1v) is 7.20. The van der Waals surface area contributed by atoms with E-state index < -0.39 is 11.6 Å². The Morgan fingerprint density at radius 2 is 1.77 bits per heavy atom. The third-order valence-corrected chi connectivity index (χ3v) is 3.45. The lowest BCUT2D eigenvalue weighted by atomic mass is 9.92. The Hall–Kier alpha value is -2.55. The SMILES string of the molecule is C=C(C)c1cccc(C(C)(C)NC(=O)Oc2ccccc2)c1. The van der Waals surface area contributed by atoms with Gasteiger partial charge in [0.25, 0.3) is 0 Å². The number of benzene rings is 2. The third kappa shape index (κ3) is 3.98. The molecule has 0 saturated heterocycles. The summed E-state index contributed by atoms with van der Waals surface area (Å²) < 4.78 is 5.28. The molecule has 1 N–H and O–H groups in total.